The highest BCUT2D eigenvalue weighted by Gasteiger charge is 2.43. The lowest BCUT2D eigenvalue weighted by molar-refractivity contribution is -0.0780. The van der Waals surface area contributed by atoms with Gasteiger partial charge in [-0.15, -0.1) is 0 Å². The number of rotatable bonds is 4. The smallest absolute Gasteiger partial charge is 0.128 e. The maximum Gasteiger partial charge on any atom is 0.128 e. The highest BCUT2D eigenvalue weighted by molar-refractivity contribution is 5.48. The normalized spacial score (nSPS) is 21.3. The van der Waals surface area contributed by atoms with Gasteiger partial charge < -0.3 is 14.4 Å². The molecule has 5 heteroatoms. The summed E-state index contributed by atoms with van der Waals surface area (Å²) in [6.07, 6.45) is 7.63. The molecule has 0 bridgehead atoms. The monoisotopic (exact) mass is 393 g/mol. The van der Waals surface area contributed by atoms with Crippen LogP contribution in [0.3, 0.4) is 0 Å². The first kappa shape index (κ1) is 18.9. The van der Waals surface area contributed by atoms with E-state index in [1.807, 2.05) is 0 Å². The van der Waals surface area contributed by atoms with Crippen molar-refractivity contribution in [1.82, 2.24) is 9.88 Å². The van der Waals surface area contributed by atoms with E-state index in [2.05, 4.69) is 46.3 Å². The van der Waals surface area contributed by atoms with E-state index >= 15 is 0 Å². The zero-order valence-electron chi connectivity index (χ0n) is 17.4. The molecule has 0 aliphatic carbocycles. The van der Waals surface area contributed by atoms with Crippen LogP contribution in [0.1, 0.15) is 42.4 Å². The Morgan fingerprint density at radius 2 is 1.90 bits per heavy atom. The Kier molecular flexibility index (Phi) is 5.18. The molecule has 5 nitrogen and oxygen atoms in total. The van der Waals surface area contributed by atoms with Crippen LogP contribution in [-0.2, 0) is 23.3 Å². The summed E-state index contributed by atoms with van der Waals surface area (Å²) in [5.41, 5.74) is 3.76. The number of aromatic nitrogens is 1. The average Bonchev–Trinajstić information content (AvgIpc) is 3.28. The first-order valence-electron chi connectivity index (χ1n) is 11.0. The van der Waals surface area contributed by atoms with Gasteiger partial charge in [-0.1, -0.05) is 18.2 Å². The van der Waals surface area contributed by atoms with Crippen molar-refractivity contribution >= 4 is 5.82 Å². The third kappa shape index (κ3) is 3.62. The topological polar surface area (TPSA) is 37.8 Å². The molecule has 3 aliphatic rings. The number of likely N-dealkylation sites (tertiary alicyclic amines) is 1. The van der Waals surface area contributed by atoms with Crippen LogP contribution in [0, 0.1) is 0 Å². The predicted octanol–water partition coefficient (Wildman–Crippen LogP) is 3.75. The summed E-state index contributed by atoms with van der Waals surface area (Å²) in [4.78, 5) is 9.71. The van der Waals surface area contributed by atoms with Gasteiger partial charge in [0, 0.05) is 31.4 Å². The Balaban J connectivity index is 1.29. The van der Waals surface area contributed by atoms with E-state index in [0.29, 0.717) is 0 Å². The Bertz CT molecular complexity index is 823. The van der Waals surface area contributed by atoms with Gasteiger partial charge in [-0.25, -0.2) is 4.98 Å². The molecule has 0 saturated carbocycles. The number of pyridine rings is 1. The number of piperidine rings is 1. The Morgan fingerprint density at radius 3 is 2.62 bits per heavy atom. The molecule has 29 heavy (non-hydrogen) atoms. The van der Waals surface area contributed by atoms with Crippen LogP contribution >= 0.6 is 0 Å². The Labute approximate surface area is 173 Å². The van der Waals surface area contributed by atoms with Gasteiger partial charge in [0.2, 0.25) is 0 Å². The highest BCUT2D eigenvalue weighted by atomic mass is 16.5. The highest BCUT2D eigenvalue weighted by Crippen LogP contribution is 2.46. The second-order valence-corrected chi connectivity index (χ2v) is 8.58. The molecule has 1 aromatic heterocycles. The summed E-state index contributed by atoms with van der Waals surface area (Å²) in [6.45, 7) is 6.18. The Hall–Kier alpha value is -2.11. The standard InChI is InChI=1S/C24H31N3O2/c1-28-21-6-4-5-20-9-16-29-24(23(20)21)10-14-27(15-11-24)22-8-7-19(17-25-22)18-26-12-2-3-13-26/h4-8,17H,2-3,9-16,18H2,1H3. The zero-order valence-corrected chi connectivity index (χ0v) is 17.4. The Morgan fingerprint density at radius 1 is 1.07 bits per heavy atom. The van der Waals surface area contributed by atoms with Crippen LogP contribution in [0.2, 0.25) is 0 Å². The molecule has 0 amide bonds. The van der Waals surface area contributed by atoms with E-state index < -0.39 is 0 Å². The minimum Gasteiger partial charge on any atom is -0.496 e. The summed E-state index contributed by atoms with van der Waals surface area (Å²) in [5.74, 6) is 2.06. The summed E-state index contributed by atoms with van der Waals surface area (Å²) in [5, 5.41) is 0. The predicted molar refractivity (Wildman–Crippen MR) is 115 cm³/mol. The van der Waals surface area contributed by atoms with Crippen molar-refractivity contribution < 1.29 is 9.47 Å². The van der Waals surface area contributed by atoms with Gasteiger partial charge in [0.25, 0.3) is 0 Å². The van der Waals surface area contributed by atoms with E-state index in [4.69, 9.17) is 14.5 Å². The summed E-state index contributed by atoms with van der Waals surface area (Å²) < 4.78 is 12.1. The second kappa shape index (κ2) is 7.96. The molecule has 3 aliphatic heterocycles. The molecule has 2 saturated heterocycles. The molecule has 0 N–H and O–H groups in total. The molecule has 4 heterocycles. The van der Waals surface area contributed by atoms with Gasteiger partial charge in [-0.05, 0) is 68.5 Å². The fourth-order valence-electron chi connectivity index (χ4n) is 5.29. The van der Waals surface area contributed by atoms with Crippen LogP contribution in [0.4, 0.5) is 5.82 Å². The molecule has 0 atom stereocenters. The third-order valence-electron chi connectivity index (χ3n) is 6.85. The van der Waals surface area contributed by atoms with E-state index in [1.54, 1.807) is 7.11 Å². The van der Waals surface area contributed by atoms with Crippen LogP contribution in [0.25, 0.3) is 0 Å². The molecule has 0 unspecified atom stereocenters. The van der Waals surface area contributed by atoms with Gasteiger partial charge in [-0.2, -0.15) is 0 Å². The largest absolute Gasteiger partial charge is 0.496 e. The number of fused-ring (bicyclic) bond motifs is 2. The van der Waals surface area contributed by atoms with Gasteiger partial charge in [0.05, 0.1) is 13.7 Å². The fraction of sp³-hybridized carbons (Fsp3) is 0.542. The lowest BCUT2D eigenvalue weighted by atomic mass is 9.79. The zero-order chi connectivity index (χ0) is 19.7. The van der Waals surface area contributed by atoms with Crippen molar-refractivity contribution in [3.05, 3.63) is 53.2 Å². The van der Waals surface area contributed by atoms with E-state index in [1.165, 1.54) is 42.6 Å². The van der Waals surface area contributed by atoms with Crippen molar-refractivity contribution in [3.63, 3.8) is 0 Å². The van der Waals surface area contributed by atoms with Crippen molar-refractivity contribution in [2.24, 2.45) is 0 Å². The number of anilines is 1. The molecule has 154 valence electrons. The second-order valence-electron chi connectivity index (χ2n) is 8.58. The van der Waals surface area contributed by atoms with Crippen LogP contribution in [0.15, 0.2) is 36.5 Å². The van der Waals surface area contributed by atoms with Crippen molar-refractivity contribution in [1.29, 1.82) is 0 Å². The SMILES string of the molecule is COc1cccc2c1C1(CCN(c3ccc(CN4CCCC4)cn3)CC1)OCC2. The summed E-state index contributed by atoms with van der Waals surface area (Å²) >= 11 is 0. The van der Waals surface area contributed by atoms with Gasteiger partial charge in [0.15, 0.2) is 0 Å². The molecule has 0 radical (unpaired) electrons. The quantitative estimate of drug-likeness (QED) is 0.791. The van der Waals surface area contributed by atoms with Crippen molar-refractivity contribution in [2.45, 2.75) is 44.2 Å². The molecule has 1 aromatic carbocycles. The number of methoxy groups -OCH3 is 1. The number of nitrogens with zero attached hydrogens (tertiary/aromatic N) is 3. The first-order valence-corrected chi connectivity index (χ1v) is 11.0. The molecule has 2 fully saturated rings. The summed E-state index contributed by atoms with van der Waals surface area (Å²) in [6, 6.07) is 10.8. The number of hydrogen-bond acceptors (Lipinski definition) is 5. The van der Waals surface area contributed by atoms with Crippen LogP contribution in [0.5, 0.6) is 5.75 Å². The lowest BCUT2D eigenvalue weighted by Gasteiger charge is -2.45. The molecular weight excluding hydrogens is 362 g/mol. The van der Waals surface area contributed by atoms with Crippen molar-refractivity contribution in [3.8, 4) is 5.75 Å². The minimum absolute atomic E-state index is 0.216. The van der Waals surface area contributed by atoms with Crippen molar-refractivity contribution in [2.75, 3.05) is 44.8 Å². The number of ether oxygens (including phenoxy) is 2. The molecule has 5 rings (SSSR count). The molecular formula is C24H31N3O2. The number of hydrogen-bond donors (Lipinski definition) is 0. The third-order valence-corrected chi connectivity index (χ3v) is 6.85. The van der Waals surface area contributed by atoms with Gasteiger partial charge in [-0.3, -0.25) is 4.90 Å². The van der Waals surface area contributed by atoms with Gasteiger partial charge >= 0.3 is 0 Å². The van der Waals surface area contributed by atoms with Crippen LogP contribution < -0.4 is 9.64 Å². The van der Waals surface area contributed by atoms with E-state index in [9.17, 15) is 0 Å². The maximum atomic E-state index is 6.42. The first-order chi connectivity index (χ1) is 14.3. The molecule has 2 aromatic rings. The fourth-order valence-corrected chi connectivity index (χ4v) is 5.29. The minimum atomic E-state index is -0.216. The lowest BCUT2D eigenvalue weighted by Crippen LogP contribution is -2.47. The molecule has 1 spiro atoms. The van der Waals surface area contributed by atoms with Gasteiger partial charge in [0.1, 0.15) is 17.2 Å². The number of benzene rings is 1. The van der Waals surface area contributed by atoms with E-state index in [-0.39, 0.29) is 5.60 Å². The van der Waals surface area contributed by atoms with Crippen LogP contribution in [-0.4, -0.2) is 49.8 Å². The average molecular weight is 394 g/mol. The van der Waals surface area contributed by atoms with E-state index in [0.717, 1.165) is 57.1 Å². The summed E-state index contributed by atoms with van der Waals surface area (Å²) in [7, 11) is 1.76. The maximum absolute atomic E-state index is 6.42.